The molecule has 0 aliphatic carbocycles. The fourth-order valence-corrected chi connectivity index (χ4v) is 4.56. The van der Waals surface area contributed by atoms with Crippen molar-refractivity contribution < 1.29 is 14.3 Å². The van der Waals surface area contributed by atoms with Crippen molar-refractivity contribution >= 4 is 16.8 Å². The topological polar surface area (TPSA) is 52.5 Å². The van der Waals surface area contributed by atoms with Crippen LogP contribution < -0.4 is 14.8 Å². The zero-order valence-corrected chi connectivity index (χ0v) is 21.5. The van der Waals surface area contributed by atoms with Gasteiger partial charge in [-0.3, -0.25) is 4.79 Å². The third kappa shape index (κ3) is 6.28. The van der Waals surface area contributed by atoms with E-state index in [9.17, 15) is 4.79 Å². The lowest BCUT2D eigenvalue weighted by Crippen LogP contribution is -2.25. The van der Waals surface area contributed by atoms with E-state index in [2.05, 4.69) is 71.5 Å². The van der Waals surface area contributed by atoms with Gasteiger partial charge in [0.15, 0.2) is 11.5 Å². The van der Waals surface area contributed by atoms with Gasteiger partial charge in [0.1, 0.15) is 0 Å². The number of para-hydroxylation sites is 1. The summed E-state index contributed by atoms with van der Waals surface area (Å²) in [6.07, 6.45) is 4.13. The Morgan fingerprint density at radius 3 is 2.42 bits per heavy atom. The second-order valence-corrected chi connectivity index (χ2v) is 8.97. The summed E-state index contributed by atoms with van der Waals surface area (Å²) in [5.41, 5.74) is 6.13. The number of aromatic nitrogens is 1. The highest BCUT2D eigenvalue weighted by Crippen LogP contribution is 2.29. The van der Waals surface area contributed by atoms with Crippen LogP contribution in [0.2, 0.25) is 0 Å². The van der Waals surface area contributed by atoms with Crippen molar-refractivity contribution in [1.82, 2.24) is 9.88 Å². The van der Waals surface area contributed by atoms with Gasteiger partial charge < -0.3 is 19.4 Å². The second kappa shape index (κ2) is 12.3. The Balaban J connectivity index is 1.34. The van der Waals surface area contributed by atoms with Crippen molar-refractivity contribution in [3.05, 3.63) is 95.2 Å². The van der Waals surface area contributed by atoms with E-state index in [0.717, 1.165) is 30.0 Å². The fraction of sp³-hybridized carbons (Fsp3) is 0.323. The minimum atomic E-state index is 0.0710. The summed E-state index contributed by atoms with van der Waals surface area (Å²) in [4.78, 5) is 12.6. The highest BCUT2D eigenvalue weighted by Gasteiger charge is 2.12. The Morgan fingerprint density at radius 2 is 1.61 bits per heavy atom. The van der Waals surface area contributed by atoms with Crippen LogP contribution in [0.25, 0.3) is 10.9 Å². The summed E-state index contributed by atoms with van der Waals surface area (Å²) in [7, 11) is 0. The predicted molar refractivity (Wildman–Crippen MR) is 146 cm³/mol. The van der Waals surface area contributed by atoms with Crippen LogP contribution in [0.15, 0.2) is 72.9 Å². The van der Waals surface area contributed by atoms with Crippen LogP contribution in [0.1, 0.15) is 42.5 Å². The number of fused-ring (bicyclic) bond motifs is 1. The summed E-state index contributed by atoms with van der Waals surface area (Å²) < 4.78 is 13.6. The molecule has 0 fully saturated rings. The molecule has 4 aromatic rings. The summed E-state index contributed by atoms with van der Waals surface area (Å²) in [5.74, 6) is 1.58. The van der Waals surface area contributed by atoms with Crippen LogP contribution in [0, 0.1) is 6.92 Å². The van der Waals surface area contributed by atoms with E-state index in [4.69, 9.17) is 9.47 Å². The molecule has 0 saturated heterocycles. The molecule has 36 heavy (non-hydrogen) atoms. The van der Waals surface area contributed by atoms with Crippen LogP contribution >= 0.6 is 0 Å². The van der Waals surface area contributed by atoms with E-state index in [1.54, 1.807) is 0 Å². The van der Waals surface area contributed by atoms with Gasteiger partial charge in [-0.15, -0.1) is 0 Å². The molecular weight excluding hydrogens is 448 g/mol. The van der Waals surface area contributed by atoms with Gasteiger partial charge in [0.2, 0.25) is 5.91 Å². The monoisotopic (exact) mass is 484 g/mol. The highest BCUT2D eigenvalue weighted by atomic mass is 16.5. The first-order chi connectivity index (χ1) is 17.6. The van der Waals surface area contributed by atoms with Gasteiger partial charge in [0.25, 0.3) is 0 Å². The first-order valence-corrected chi connectivity index (χ1v) is 12.9. The number of benzene rings is 3. The molecule has 1 N–H and O–H groups in total. The summed E-state index contributed by atoms with van der Waals surface area (Å²) in [6, 6.07) is 22.9. The molecule has 0 radical (unpaired) electrons. The van der Waals surface area contributed by atoms with Crippen LogP contribution in [-0.2, 0) is 24.2 Å². The number of rotatable bonds is 12. The molecule has 5 nitrogen and oxygen atoms in total. The van der Waals surface area contributed by atoms with Crippen molar-refractivity contribution in [2.45, 2.75) is 46.6 Å². The number of aryl methyl sites for hydroxylation is 2. The summed E-state index contributed by atoms with van der Waals surface area (Å²) in [6.45, 7) is 8.67. The zero-order chi connectivity index (χ0) is 25.3. The van der Waals surface area contributed by atoms with Crippen molar-refractivity contribution in [3.63, 3.8) is 0 Å². The third-order valence-corrected chi connectivity index (χ3v) is 6.44. The molecule has 0 saturated carbocycles. The lowest BCUT2D eigenvalue weighted by Gasteiger charge is -2.12. The van der Waals surface area contributed by atoms with Gasteiger partial charge in [0, 0.05) is 36.6 Å². The van der Waals surface area contributed by atoms with Gasteiger partial charge in [-0.2, -0.15) is 0 Å². The van der Waals surface area contributed by atoms with E-state index >= 15 is 0 Å². The molecule has 3 aromatic carbocycles. The molecule has 1 aromatic heterocycles. The Kier molecular flexibility index (Phi) is 8.66. The van der Waals surface area contributed by atoms with E-state index in [-0.39, 0.29) is 5.91 Å². The minimum absolute atomic E-state index is 0.0710. The summed E-state index contributed by atoms with van der Waals surface area (Å²) in [5, 5.41) is 4.30. The standard InChI is InChI=1S/C31H36N2O3/c1-4-35-29-16-14-24(20-30(29)36-5-2)18-19-32-31(34)17-15-26-22-33(28-13-9-8-12-27(26)28)21-25-11-7-6-10-23(25)3/h6-14,16,20,22H,4-5,15,17-19,21H2,1-3H3,(H,32,34). The molecule has 0 bridgehead atoms. The van der Waals surface area contributed by atoms with Gasteiger partial charge >= 0.3 is 0 Å². The second-order valence-electron chi connectivity index (χ2n) is 8.97. The molecule has 1 amide bonds. The SMILES string of the molecule is CCOc1ccc(CCNC(=O)CCc2cn(Cc3ccccc3C)c3ccccc23)cc1OCC. The molecule has 188 valence electrons. The van der Waals surface area contributed by atoms with Crippen molar-refractivity contribution in [2.24, 2.45) is 0 Å². The fourth-order valence-electron chi connectivity index (χ4n) is 4.56. The van der Waals surface area contributed by atoms with Gasteiger partial charge in [-0.05, 0) is 74.1 Å². The molecule has 5 heteroatoms. The van der Waals surface area contributed by atoms with Gasteiger partial charge in [0.05, 0.1) is 13.2 Å². The highest BCUT2D eigenvalue weighted by molar-refractivity contribution is 5.85. The number of hydrogen-bond acceptors (Lipinski definition) is 3. The maximum Gasteiger partial charge on any atom is 0.220 e. The number of nitrogens with zero attached hydrogens (tertiary/aromatic N) is 1. The maximum absolute atomic E-state index is 12.6. The molecular formula is C31H36N2O3. The van der Waals surface area contributed by atoms with Gasteiger partial charge in [-0.1, -0.05) is 48.5 Å². The number of hydrogen-bond donors (Lipinski definition) is 1. The maximum atomic E-state index is 12.6. The van der Waals surface area contributed by atoms with Crippen molar-refractivity contribution in [2.75, 3.05) is 19.8 Å². The van der Waals surface area contributed by atoms with E-state index < -0.39 is 0 Å². The van der Waals surface area contributed by atoms with Crippen LogP contribution in [-0.4, -0.2) is 30.2 Å². The Morgan fingerprint density at radius 1 is 0.861 bits per heavy atom. The van der Waals surface area contributed by atoms with Crippen LogP contribution in [0.3, 0.4) is 0 Å². The average Bonchev–Trinajstić information content (AvgIpc) is 3.23. The molecule has 0 aliphatic heterocycles. The average molecular weight is 485 g/mol. The van der Waals surface area contributed by atoms with Crippen molar-refractivity contribution in [3.8, 4) is 11.5 Å². The molecule has 0 spiro atoms. The molecule has 0 unspecified atom stereocenters. The van der Waals surface area contributed by atoms with Crippen LogP contribution in [0.4, 0.5) is 0 Å². The quantitative estimate of drug-likeness (QED) is 0.265. The predicted octanol–water partition coefficient (Wildman–Crippen LogP) is 6.09. The Hall–Kier alpha value is -3.73. The number of ether oxygens (including phenoxy) is 2. The van der Waals surface area contributed by atoms with Crippen LogP contribution in [0.5, 0.6) is 11.5 Å². The lowest BCUT2D eigenvalue weighted by molar-refractivity contribution is -0.121. The Bertz CT molecular complexity index is 1310. The normalized spacial score (nSPS) is 11.0. The van der Waals surface area contributed by atoms with Gasteiger partial charge in [-0.25, -0.2) is 0 Å². The number of carbonyl (C=O) groups is 1. The smallest absolute Gasteiger partial charge is 0.220 e. The molecule has 1 heterocycles. The minimum Gasteiger partial charge on any atom is -0.490 e. The number of nitrogens with one attached hydrogen (secondary N) is 1. The number of carbonyl (C=O) groups excluding carboxylic acids is 1. The zero-order valence-electron chi connectivity index (χ0n) is 21.5. The summed E-state index contributed by atoms with van der Waals surface area (Å²) >= 11 is 0. The van der Waals surface area contributed by atoms with E-state index in [1.165, 1.54) is 27.6 Å². The largest absolute Gasteiger partial charge is 0.490 e. The molecule has 0 atom stereocenters. The number of amides is 1. The first-order valence-electron chi connectivity index (χ1n) is 12.9. The lowest BCUT2D eigenvalue weighted by atomic mass is 10.1. The first kappa shape index (κ1) is 25.4. The van der Waals surface area contributed by atoms with Crippen molar-refractivity contribution in [1.29, 1.82) is 0 Å². The Labute approximate surface area is 214 Å². The van der Waals surface area contributed by atoms with E-state index in [1.807, 2.05) is 32.0 Å². The molecule has 4 rings (SSSR count). The third-order valence-electron chi connectivity index (χ3n) is 6.44. The van der Waals surface area contributed by atoms with E-state index in [0.29, 0.717) is 32.6 Å². The molecule has 0 aliphatic rings.